The van der Waals surface area contributed by atoms with Crippen LogP contribution in [0.15, 0.2) is 0 Å². The van der Waals surface area contributed by atoms with E-state index >= 15 is 0 Å². The first-order valence-electron chi connectivity index (χ1n) is 6.68. The summed E-state index contributed by atoms with van der Waals surface area (Å²) in [6.45, 7) is 13.2. The molecule has 0 radical (unpaired) electrons. The summed E-state index contributed by atoms with van der Waals surface area (Å²) in [5.41, 5.74) is 0.563. The lowest BCUT2D eigenvalue weighted by atomic mass is 9.74. The van der Waals surface area contributed by atoms with E-state index in [1.54, 1.807) is 0 Å². The quantitative estimate of drug-likeness (QED) is 0.559. The molecular weight excluding hydrogens is 196 g/mol. The van der Waals surface area contributed by atoms with Crippen molar-refractivity contribution in [3.63, 3.8) is 0 Å². The predicted molar refractivity (Wildman–Crippen MR) is 71.0 cm³/mol. The van der Waals surface area contributed by atoms with Crippen molar-refractivity contribution in [2.75, 3.05) is 13.1 Å². The van der Waals surface area contributed by atoms with E-state index < -0.39 is 0 Å². The van der Waals surface area contributed by atoms with Gasteiger partial charge in [0.15, 0.2) is 0 Å². The first kappa shape index (κ1) is 13.5. The van der Waals surface area contributed by atoms with Gasteiger partial charge in [-0.2, -0.15) is 0 Å². The molecule has 0 bridgehead atoms. The van der Waals surface area contributed by atoms with Crippen LogP contribution in [0.4, 0.5) is 0 Å². The van der Waals surface area contributed by atoms with Gasteiger partial charge in [-0.15, -0.1) is 0 Å². The van der Waals surface area contributed by atoms with Gasteiger partial charge >= 0.3 is 0 Å². The van der Waals surface area contributed by atoms with E-state index in [0.717, 1.165) is 18.9 Å². The maximum Gasteiger partial charge on any atom is 0.101 e. The predicted octanol–water partition coefficient (Wildman–Crippen LogP) is 3.91. The van der Waals surface area contributed by atoms with Crippen LogP contribution in [0.5, 0.6) is 0 Å². The molecule has 2 heteroatoms. The van der Waals surface area contributed by atoms with Crippen LogP contribution in [0.3, 0.4) is 0 Å². The minimum atomic E-state index is -0.00156. The van der Waals surface area contributed by atoms with Crippen LogP contribution in [0.25, 0.3) is 0 Å². The number of hydrogen-bond acceptors (Lipinski definition) is 1. The Morgan fingerprint density at radius 3 is 1.88 bits per heavy atom. The van der Waals surface area contributed by atoms with Crippen molar-refractivity contribution >= 4 is 5.84 Å². The Morgan fingerprint density at radius 1 is 1.12 bits per heavy atom. The minimum absolute atomic E-state index is 0.00156. The van der Waals surface area contributed by atoms with Crippen LogP contribution in [-0.4, -0.2) is 23.8 Å². The van der Waals surface area contributed by atoms with Gasteiger partial charge in [0.2, 0.25) is 0 Å². The third-order valence-corrected chi connectivity index (χ3v) is 4.35. The first-order valence-corrected chi connectivity index (χ1v) is 6.68. The fraction of sp³-hybridized carbons (Fsp3) is 0.929. The molecule has 0 aromatic carbocycles. The topological polar surface area (TPSA) is 27.1 Å². The van der Waals surface area contributed by atoms with Gasteiger partial charge < -0.3 is 4.90 Å². The normalized spacial score (nSPS) is 20.9. The molecule has 0 aromatic heterocycles. The summed E-state index contributed by atoms with van der Waals surface area (Å²) in [6, 6.07) is 0. The number of nitrogens with zero attached hydrogens (tertiary/aromatic N) is 1. The zero-order valence-electron chi connectivity index (χ0n) is 11.7. The van der Waals surface area contributed by atoms with Crippen molar-refractivity contribution in [3.05, 3.63) is 0 Å². The first-order chi connectivity index (χ1) is 7.34. The molecule has 0 saturated carbocycles. The summed E-state index contributed by atoms with van der Waals surface area (Å²) in [4.78, 5) is 2.28. The molecule has 1 aliphatic heterocycles. The summed E-state index contributed by atoms with van der Waals surface area (Å²) in [6.07, 6.45) is 5.11. The molecule has 1 heterocycles. The molecule has 0 unspecified atom stereocenters. The molecule has 1 fully saturated rings. The zero-order valence-corrected chi connectivity index (χ0v) is 11.7. The van der Waals surface area contributed by atoms with Crippen LogP contribution >= 0.6 is 0 Å². The Morgan fingerprint density at radius 2 is 1.56 bits per heavy atom. The largest absolute Gasteiger partial charge is 0.360 e. The Kier molecular flexibility index (Phi) is 4.03. The van der Waals surface area contributed by atoms with Crippen molar-refractivity contribution < 1.29 is 0 Å². The van der Waals surface area contributed by atoms with Gasteiger partial charge in [-0.05, 0) is 18.3 Å². The molecule has 0 aliphatic carbocycles. The van der Waals surface area contributed by atoms with E-state index in [-0.39, 0.29) is 5.41 Å². The smallest absolute Gasteiger partial charge is 0.101 e. The van der Waals surface area contributed by atoms with E-state index in [1.807, 2.05) is 0 Å². The lowest BCUT2D eigenvalue weighted by molar-refractivity contribution is 0.130. The monoisotopic (exact) mass is 224 g/mol. The highest BCUT2D eigenvalue weighted by molar-refractivity contribution is 5.84. The maximum atomic E-state index is 8.20. The molecule has 2 nitrogen and oxygen atoms in total. The van der Waals surface area contributed by atoms with Gasteiger partial charge in [0, 0.05) is 18.5 Å². The average molecular weight is 224 g/mol. The fourth-order valence-electron chi connectivity index (χ4n) is 2.64. The van der Waals surface area contributed by atoms with Crippen molar-refractivity contribution in [2.45, 2.75) is 60.3 Å². The molecule has 1 aliphatic rings. The number of rotatable bonds is 2. The van der Waals surface area contributed by atoms with E-state index in [0.29, 0.717) is 5.41 Å². The molecule has 0 amide bonds. The number of likely N-dealkylation sites (tertiary alicyclic amines) is 1. The molecule has 0 aromatic rings. The summed E-state index contributed by atoms with van der Waals surface area (Å²) in [5, 5.41) is 8.20. The van der Waals surface area contributed by atoms with Gasteiger partial charge in [-0.3, -0.25) is 5.41 Å². The van der Waals surface area contributed by atoms with E-state index in [4.69, 9.17) is 5.41 Å². The van der Waals surface area contributed by atoms with Gasteiger partial charge in [-0.25, -0.2) is 0 Å². The van der Waals surface area contributed by atoms with Crippen LogP contribution in [0.1, 0.15) is 60.3 Å². The standard InChI is InChI=1S/C14H28N2/c1-6-14(7-2)8-10-16(11-9-14)12(15)13(3,4)5/h15H,6-11H2,1-5H3. The summed E-state index contributed by atoms with van der Waals surface area (Å²) in [7, 11) is 0. The molecule has 16 heavy (non-hydrogen) atoms. The summed E-state index contributed by atoms with van der Waals surface area (Å²) < 4.78 is 0. The second-order valence-corrected chi connectivity index (χ2v) is 6.29. The fourth-order valence-corrected chi connectivity index (χ4v) is 2.64. The van der Waals surface area contributed by atoms with Gasteiger partial charge in [0.05, 0.1) is 0 Å². The van der Waals surface area contributed by atoms with Crippen molar-refractivity contribution in [1.82, 2.24) is 4.90 Å². The highest BCUT2D eigenvalue weighted by atomic mass is 15.2. The molecule has 94 valence electrons. The Bertz CT molecular complexity index is 236. The van der Waals surface area contributed by atoms with Crippen LogP contribution in [-0.2, 0) is 0 Å². The third-order valence-electron chi connectivity index (χ3n) is 4.35. The van der Waals surface area contributed by atoms with E-state index in [9.17, 15) is 0 Å². The highest BCUT2D eigenvalue weighted by Gasteiger charge is 2.34. The second kappa shape index (κ2) is 4.77. The molecule has 1 saturated heterocycles. The lowest BCUT2D eigenvalue weighted by Crippen LogP contribution is -2.46. The number of piperidine rings is 1. The number of nitrogens with one attached hydrogen (secondary N) is 1. The molecule has 0 spiro atoms. The second-order valence-electron chi connectivity index (χ2n) is 6.29. The lowest BCUT2D eigenvalue weighted by Gasteiger charge is -2.44. The highest BCUT2D eigenvalue weighted by Crippen LogP contribution is 2.38. The maximum absolute atomic E-state index is 8.20. The van der Waals surface area contributed by atoms with E-state index in [1.165, 1.54) is 25.7 Å². The Hall–Kier alpha value is -0.530. The molecular formula is C14H28N2. The molecule has 1 rings (SSSR count). The Balaban J connectivity index is 2.59. The third kappa shape index (κ3) is 2.78. The van der Waals surface area contributed by atoms with Crippen molar-refractivity contribution in [2.24, 2.45) is 10.8 Å². The number of amidine groups is 1. The van der Waals surface area contributed by atoms with Crippen LogP contribution in [0.2, 0.25) is 0 Å². The SMILES string of the molecule is CCC1(CC)CCN(C(=N)C(C)(C)C)CC1. The summed E-state index contributed by atoms with van der Waals surface area (Å²) in [5.74, 6) is 0.813. The summed E-state index contributed by atoms with van der Waals surface area (Å²) >= 11 is 0. The molecule has 1 N–H and O–H groups in total. The zero-order chi connectivity index (χ0) is 12.4. The average Bonchev–Trinajstić information content (AvgIpc) is 2.27. The van der Waals surface area contributed by atoms with Gasteiger partial charge in [0.25, 0.3) is 0 Å². The Labute approximate surface area is 101 Å². The van der Waals surface area contributed by atoms with Gasteiger partial charge in [0.1, 0.15) is 5.84 Å². The van der Waals surface area contributed by atoms with Crippen molar-refractivity contribution in [3.8, 4) is 0 Å². The minimum Gasteiger partial charge on any atom is -0.360 e. The van der Waals surface area contributed by atoms with Crippen molar-refractivity contribution in [1.29, 1.82) is 5.41 Å². The van der Waals surface area contributed by atoms with Gasteiger partial charge in [-0.1, -0.05) is 47.5 Å². The van der Waals surface area contributed by atoms with Crippen LogP contribution in [0, 0.1) is 16.2 Å². The number of hydrogen-bond donors (Lipinski definition) is 1. The van der Waals surface area contributed by atoms with Crippen LogP contribution < -0.4 is 0 Å². The van der Waals surface area contributed by atoms with E-state index in [2.05, 4.69) is 39.5 Å². The molecule has 0 atom stereocenters.